The van der Waals surface area contributed by atoms with Gasteiger partial charge >= 0.3 is 0 Å². The van der Waals surface area contributed by atoms with Crippen molar-refractivity contribution >= 4 is 29.1 Å². The fourth-order valence-corrected chi connectivity index (χ4v) is 3.18. The summed E-state index contributed by atoms with van der Waals surface area (Å²) in [5.41, 5.74) is 1.65. The van der Waals surface area contributed by atoms with Gasteiger partial charge in [-0.2, -0.15) is 0 Å². The van der Waals surface area contributed by atoms with Gasteiger partial charge in [0, 0.05) is 29.4 Å². The summed E-state index contributed by atoms with van der Waals surface area (Å²) >= 11 is 5.89. The van der Waals surface area contributed by atoms with E-state index < -0.39 is 5.92 Å². The van der Waals surface area contributed by atoms with Crippen LogP contribution in [0.4, 0.5) is 5.69 Å². The smallest absolute Gasteiger partial charge is 0.239 e. The Labute approximate surface area is 157 Å². The largest absolute Gasteiger partial charge is 0.494 e. The molecule has 1 fully saturated rings. The Morgan fingerprint density at radius 1 is 1.23 bits per heavy atom. The van der Waals surface area contributed by atoms with Gasteiger partial charge in [0.05, 0.1) is 6.61 Å². The first-order valence-corrected chi connectivity index (χ1v) is 9.03. The van der Waals surface area contributed by atoms with Crippen molar-refractivity contribution in [2.45, 2.75) is 19.9 Å². The quantitative estimate of drug-likeness (QED) is 0.790. The highest BCUT2D eigenvalue weighted by atomic mass is 35.5. The number of ether oxygens (including phenoxy) is 1. The number of halogens is 1. The van der Waals surface area contributed by atoms with Gasteiger partial charge in [-0.25, -0.2) is 0 Å². The highest BCUT2D eigenvalue weighted by Crippen LogP contribution is 2.27. The molecule has 0 radical (unpaired) electrons. The lowest BCUT2D eigenvalue weighted by Gasteiger charge is -2.17. The first-order chi connectivity index (χ1) is 12.6. The Morgan fingerprint density at radius 2 is 1.96 bits per heavy atom. The molecular formula is C20H21ClN2O3. The summed E-state index contributed by atoms with van der Waals surface area (Å²) in [4.78, 5) is 26.8. The van der Waals surface area contributed by atoms with E-state index in [1.54, 1.807) is 29.2 Å². The van der Waals surface area contributed by atoms with Crippen LogP contribution in [0.1, 0.15) is 18.9 Å². The molecule has 1 aliphatic rings. The second-order valence-corrected chi connectivity index (χ2v) is 6.50. The van der Waals surface area contributed by atoms with Crippen LogP contribution >= 0.6 is 11.6 Å². The maximum absolute atomic E-state index is 12.6. The van der Waals surface area contributed by atoms with Crippen molar-refractivity contribution in [1.82, 2.24) is 5.32 Å². The molecular weight excluding hydrogens is 352 g/mol. The molecule has 1 aliphatic heterocycles. The Hall–Kier alpha value is -2.53. The van der Waals surface area contributed by atoms with Crippen LogP contribution in [0, 0.1) is 5.92 Å². The van der Waals surface area contributed by atoms with E-state index in [0.29, 0.717) is 31.1 Å². The molecule has 0 spiro atoms. The van der Waals surface area contributed by atoms with Crippen molar-refractivity contribution in [2.75, 3.05) is 18.1 Å². The molecule has 6 heteroatoms. The fraction of sp³-hybridized carbons (Fsp3) is 0.300. The molecule has 26 heavy (non-hydrogen) atoms. The maximum atomic E-state index is 12.6. The van der Waals surface area contributed by atoms with Gasteiger partial charge < -0.3 is 15.0 Å². The van der Waals surface area contributed by atoms with Crippen LogP contribution in [-0.4, -0.2) is 25.0 Å². The number of para-hydroxylation sites is 1. The number of carbonyl (C=O) groups is 2. The molecule has 0 unspecified atom stereocenters. The summed E-state index contributed by atoms with van der Waals surface area (Å²) in [6.07, 6.45) is 0.500. The standard InChI is InChI=1S/C20H21ClN2O3/c1-2-26-18-6-4-3-5-14(18)13-22-19(24)17-11-12-23(20(17)25)16-9-7-15(21)8-10-16/h3-10,17H,2,11-13H2,1H3,(H,22,24)/t17-/m1/s1. The van der Waals surface area contributed by atoms with Gasteiger partial charge in [0.1, 0.15) is 11.7 Å². The maximum Gasteiger partial charge on any atom is 0.239 e. The minimum absolute atomic E-state index is 0.178. The third-order valence-corrected chi connectivity index (χ3v) is 4.64. The zero-order valence-corrected chi connectivity index (χ0v) is 15.3. The van der Waals surface area contributed by atoms with Gasteiger partial charge in [0.2, 0.25) is 11.8 Å². The van der Waals surface area contributed by atoms with E-state index >= 15 is 0 Å². The second kappa shape index (κ2) is 8.23. The number of hydrogen-bond donors (Lipinski definition) is 1. The van der Waals surface area contributed by atoms with Crippen LogP contribution in [0.2, 0.25) is 5.02 Å². The van der Waals surface area contributed by atoms with E-state index in [-0.39, 0.29) is 11.8 Å². The SMILES string of the molecule is CCOc1ccccc1CNC(=O)[C@H]1CCN(c2ccc(Cl)cc2)C1=O. The van der Waals surface area contributed by atoms with E-state index in [1.807, 2.05) is 31.2 Å². The summed E-state index contributed by atoms with van der Waals surface area (Å²) in [7, 11) is 0. The van der Waals surface area contributed by atoms with Gasteiger partial charge in [0.25, 0.3) is 0 Å². The molecule has 1 N–H and O–H groups in total. The average Bonchev–Trinajstić information content (AvgIpc) is 3.03. The first kappa shape index (κ1) is 18.3. The minimum Gasteiger partial charge on any atom is -0.494 e. The van der Waals surface area contributed by atoms with E-state index in [0.717, 1.165) is 17.0 Å². The number of anilines is 1. The van der Waals surface area contributed by atoms with Crippen LogP contribution in [0.5, 0.6) is 5.75 Å². The molecule has 1 atom stereocenters. The van der Waals surface area contributed by atoms with E-state index in [1.165, 1.54) is 0 Å². The molecule has 5 nitrogen and oxygen atoms in total. The second-order valence-electron chi connectivity index (χ2n) is 6.07. The van der Waals surface area contributed by atoms with Crippen LogP contribution in [0.25, 0.3) is 0 Å². The van der Waals surface area contributed by atoms with Crippen LogP contribution < -0.4 is 15.0 Å². The highest BCUT2D eigenvalue weighted by Gasteiger charge is 2.37. The molecule has 2 aromatic carbocycles. The highest BCUT2D eigenvalue weighted by molar-refractivity contribution is 6.30. The first-order valence-electron chi connectivity index (χ1n) is 8.65. The normalized spacial score (nSPS) is 16.6. The molecule has 0 aromatic heterocycles. The third-order valence-electron chi connectivity index (χ3n) is 4.39. The van der Waals surface area contributed by atoms with Crippen molar-refractivity contribution in [3.8, 4) is 5.75 Å². The molecule has 3 rings (SSSR count). The number of nitrogens with zero attached hydrogens (tertiary/aromatic N) is 1. The topological polar surface area (TPSA) is 58.6 Å². The van der Waals surface area contributed by atoms with Gasteiger partial charge in [-0.1, -0.05) is 29.8 Å². The number of carbonyl (C=O) groups excluding carboxylic acids is 2. The lowest BCUT2D eigenvalue weighted by Crippen LogP contribution is -2.36. The molecule has 1 heterocycles. The molecule has 136 valence electrons. The van der Waals surface area contributed by atoms with Crippen molar-refractivity contribution in [1.29, 1.82) is 0 Å². The summed E-state index contributed by atoms with van der Waals surface area (Å²) in [6.45, 7) is 3.33. The van der Waals surface area contributed by atoms with E-state index in [4.69, 9.17) is 16.3 Å². The summed E-state index contributed by atoms with van der Waals surface area (Å²) in [5, 5.41) is 3.48. The van der Waals surface area contributed by atoms with Gasteiger partial charge in [-0.15, -0.1) is 0 Å². The Kier molecular flexibility index (Phi) is 5.78. The van der Waals surface area contributed by atoms with Gasteiger partial charge in [0.15, 0.2) is 0 Å². The van der Waals surface area contributed by atoms with Crippen LogP contribution in [-0.2, 0) is 16.1 Å². The summed E-state index contributed by atoms with van der Waals surface area (Å²) < 4.78 is 5.56. The Morgan fingerprint density at radius 3 is 2.69 bits per heavy atom. The van der Waals surface area contributed by atoms with Crippen LogP contribution in [0.3, 0.4) is 0 Å². The van der Waals surface area contributed by atoms with Gasteiger partial charge in [-0.05, 0) is 43.7 Å². The number of hydrogen-bond acceptors (Lipinski definition) is 3. The predicted octanol–water partition coefficient (Wildman–Crippen LogP) is 3.41. The minimum atomic E-state index is -0.662. The molecule has 1 saturated heterocycles. The molecule has 2 aromatic rings. The summed E-state index contributed by atoms with van der Waals surface area (Å²) in [6, 6.07) is 14.6. The van der Waals surface area contributed by atoms with E-state index in [2.05, 4.69) is 5.32 Å². The lowest BCUT2D eigenvalue weighted by atomic mass is 10.1. The number of benzene rings is 2. The van der Waals surface area contributed by atoms with Crippen molar-refractivity contribution in [3.05, 3.63) is 59.1 Å². The lowest BCUT2D eigenvalue weighted by molar-refractivity contribution is -0.132. The average molecular weight is 373 g/mol. The molecule has 2 amide bonds. The third kappa shape index (κ3) is 3.99. The zero-order valence-electron chi connectivity index (χ0n) is 14.6. The predicted molar refractivity (Wildman–Crippen MR) is 101 cm³/mol. The van der Waals surface area contributed by atoms with E-state index in [9.17, 15) is 9.59 Å². The fourth-order valence-electron chi connectivity index (χ4n) is 3.05. The van der Waals surface area contributed by atoms with Crippen molar-refractivity contribution in [3.63, 3.8) is 0 Å². The Bertz CT molecular complexity index is 792. The molecule has 0 aliphatic carbocycles. The number of rotatable bonds is 6. The van der Waals surface area contributed by atoms with Crippen molar-refractivity contribution < 1.29 is 14.3 Å². The Balaban J connectivity index is 1.62. The molecule has 0 bridgehead atoms. The number of amides is 2. The van der Waals surface area contributed by atoms with Gasteiger partial charge in [-0.3, -0.25) is 9.59 Å². The monoisotopic (exact) mass is 372 g/mol. The number of nitrogens with one attached hydrogen (secondary N) is 1. The van der Waals surface area contributed by atoms with Crippen molar-refractivity contribution in [2.24, 2.45) is 5.92 Å². The van der Waals surface area contributed by atoms with Crippen LogP contribution in [0.15, 0.2) is 48.5 Å². The summed E-state index contributed by atoms with van der Waals surface area (Å²) in [5.74, 6) is -0.346. The molecule has 0 saturated carbocycles. The zero-order chi connectivity index (χ0) is 18.5.